The molecule has 6 heteroatoms. The van der Waals surface area contributed by atoms with Gasteiger partial charge in [0.15, 0.2) is 11.5 Å². The average Bonchev–Trinajstić information content (AvgIpc) is 2.48. The second-order valence-electron chi connectivity index (χ2n) is 4.59. The Morgan fingerprint density at radius 1 is 0.857 bits per heavy atom. The van der Waals surface area contributed by atoms with Gasteiger partial charge in [-0.25, -0.2) is 0 Å². The lowest BCUT2D eigenvalue weighted by Crippen LogP contribution is -2.16. The van der Waals surface area contributed by atoms with Crippen molar-refractivity contribution in [1.82, 2.24) is 0 Å². The molecule has 2 aromatic rings. The molecule has 0 aromatic heterocycles. The van der Waals surface area contributed by atoms with Gasteiger partial charge in [0.2, 0.25) is 0 Å². The lowest BCUT2D eigenvalue weighted by molar-refractivity contribution is 0.169. The van der Waals surface area contributed by atoms with Crippen molar-refractivity contribution in [3.05, 3.63) is 56.5 Å². The zero-order valence-electron chi connectivity index (χ0n) is 10.8. The van der Waals surface area contributed by atoms with Gasteiger partial charge in [0.1, 0.15) is 19.3 Å². The number of hydrogen-bond donors (Lipinski definition) is 1. The summed E-state index contributed by atoms with van der Waals surface area (Å²) in [5.74, 6) is 1.12. The van der Waals surface area contributed by atoms with E-state index in [4.69, 9.17) is 44.3 Å². The quantitative estimate of drug-likeness (QED) is 0.871. The number of fused-ring (bicyclic) bond motifs is 1. The Hall–Kier alpha value is -1.13. The van der Waals surface area contributed by atoms with E-state index in [2.05, 4.69) is 0 Å². The molecule has 0 fully saturated rings. The Labute approximate surface area is 137 Å². The molecule has 0 saturated carbocycles. The van der Waals surface area contributed by atoms with Gasteiger partial charge in [0, 0.05) is 27.2 Å². The smallest absolute Gasteiger partial charge is 0.162 e. The molecule has 0 amide bonds. The second kappa shape index (κ2) is 5.93. The highest BCUT2D eigenvalue weighted by atomic mass is 35.5. The van der Waals surface area contributed by atoms with Crippen molar-refractivity contribution in [2.75, 3.05) is 13.2 Å². The normalized spacial score (nSPS) is 14.9. The highest BCUT2D eigenvalue weighted by Gasteiger charge is 2.22. The van der Waals surface area contributed by atoms with E-state index in [0.29, 0.717) is 50.9 Å². The summed E-state index contributed by atoms with van der Waals surface area (Å²) >= 11 is 18.3. The monoisotopic (exact) mass is 344 g/mol. The maximum atomic E-state index is 10.6. The van der Waals surface area contributed by atoms with Crippen LogP contribution in [0.5, 0.6) is 11.5 Å². The molecule has 0 bridgehead atoms. The second-order valence-corrected chi connectivity index (χ2v) is 5.84. The lowest BCUT2D eigenvalue weighted by atomic mass is 10.0. The molecule has 2 aromatic carbocycles. The minimum absolute atomic E-state index is 0.378. The number of ether oxygens (including phenoxy) is 2. The van der Waals surface area contributed by atoms with Crippen LogP contribution in [0.1, 0.15) is 17.2 Å². The fraction of sp³-hybridized carbons (Fsp3) is 0.200. The standard InChI is InChI=1S/C15H11Cl3O3/c16-8-1-2-11(17)9(5-8)15(19)10-6-13-14(7-12(10)18)21-4-3-20-13/h1-2,5-7,15,19H,3-4H2. The van der Waals surface area contributed by atoms with Crippen LogP contribution in [0.2, 0.25) is 15.1 Å². The summed E-state index contributed by atoms with van der Waals surface area (Å²) in [6.45, 7) is 0.938. The summed E-state index contributed by atoms with van der Waals surface area (Å²) in [6, 6.07) is 8.20. The van der Waals surface area contributed by atoms with Crippen LogP contribution in [0.4, 0.5) is 0 Å². The van der Waals surface area contributed by atoms with Gasteiger partial charge in [-0.1, -0.05) is 34.8 Å². The van der Waals surface area contributed by atoms with Gasteiger partial charge < -0.3 is 14.6 Å². The zero-order valence-corrected chi connectivity index (χ0v) is 13.0. The van der Waals surface area contributed by atoms with E-state index in [9.17, 15) is 5.11 Å². The highest BCUT2D eigenvalue weighted by Crippen LogP contribution is 2.40. The molecule has 0 saturated heterocycles. The molecule has 1 aliphatic heterocycles. The van der Waals surface area contributed by atoms with Crippen LogP contribution in [0.3, 0.4) is 0 Å². The Kier molecular flexibility index (Phi) is 4.18. The van der Waals surface area contributed by atoms with Gasteiger partial charge >= 0.3 is 0 Å². The van der Waals surface area contributed by atoms with Crippen molar-refractivity contribution in [2.45, 2.75) is 6.10 Å². The zero-order chi connectivity index (χ0) is 15.0. The van der Waals surface area contributed by atoms with Crippen molar-refractivity contribution in [1.29, 1.82) is 0 Å². The Morgan fingerprint density at radius 2 is 1.48 bits per heavy atom. The minimum atomic E-state index is -1.00. The summed E-state index contributed by atoms with van der Waals surface area (Å²) in [4.78, 5) is 0. The van der Waals surface area contributed by atoms with Crippen molar-refractivity contribution in [3.63, 3.8) is 0 Å². The van der Waals surface area contributed by atoms with Crippen molar-refractivity contribution < 1.29 is 14.6 Å². The predicted octanol–water partition coefficient (Wildman–Crippen LogP) is 4.50. The summed E-state index contributed by atoms with van der Waals surface area (Å²) in [5.41, 5.74) is 0.979. The maximum absolute atomic E-state index is 10.6. The van der Waals surface area contributed by atoms with E-state index in [0.717, 1.165) is 0 Å². The Balaban J connectivity index is 2.05. The van der Waals surface area contributed by atoms with E-state index in [1.54, 1.807) is 30.3 Å². The van der Waals surface area contributed by atoms with Gasteiger partial charge in [-0.2, -0.15) is 0 Å². The molecule has 1 unspecified atom stereocenters. The van der Waals surface area contributed by atoms with Gasteiger partial charge in [-0.05, 0) is 24.3 Å². The summed E-state index contributed by atoms with van der Waals surface area (Å²) in [6.07, 6.45) is -1.00. The minimum Gasteiger partial charge on any atom is -0.486 e. The molecule has 21 heavy (non-hydrogen) atoms. The van der Waals surface area contributed by atoms with Gasteiger partial charge in [-0.15, -0.1) is 0 Å². The predicted molar refractivity (Wildman–Crippen MR) is 83.0 cm³/mol. The highest BCUT2D eigenvalue weighted by molar-refractivity contribution is 6.34. The molecule has 110 valence electrons. The van der Waals surface area contributed by atoms with E-state index >= 15 is 0 Å². The third kappa shape index (κ3) is 2.92. The molecule has 3 rings (SSSR count). The van der Waals surface area contributed by atoms with Crippen LogP contribution in [0.15, 0.2) is 30.3 Å². The Bertz CT molecular complexity index is 688. The largest absolute Gasteiger partial charge is 0.486 e. The fourth-order valence-corrected chi connectivity index (χ4v) is 2.84. The number of halogens is 3. The van der Waals surface area contributed by atoms with Gasteiger partial charge in [0.05, 0.1) is 5.02 Å². The van der Waals surface area contributed by atoms with Gasteiger partial charge in [0.25, 0.3) is 0 Å². The molecule has 0 radical (unpaired) electrons. The van der Waals surface area contributed by atoms with E-state index < -0.39 is 6.10 Å². The number of hydrogen-bond acceptors (Lipinski definition) is 3. The number of rotatable bonds is 2. The molecule has 0 spiro atoms. The number of benzene rings is 2. The summed E-state index contributed by atoms with van der Waals surface area (Å²) in [7, 11) is 0. The van der Waals surface area contributed by atoms with Crippen molar-refractivity contribution in [3.8, 4) is 11.5 Å². The average molecular weight is 346 g/mol. The first-order valence-corrected chi connectivity index (χ1v) is 7.41. The van der Waals surface area contributed by atoms with E-state index in [1.807, 2.05) is 0 Å². The third-order valence-electron chi connectivity index (χ3n) is 3.21. The lowest BCUT2D eigenvalue weighted by Gasteiger charge is -2.22. The van der Waals surface area contributed by atoms with Crippen LogP contribution >= 0.6 is 34.8 Å². The molecule has 1 N–H and O–H groups in total. The molecule has 0 aliphatic carbocycles. The van der Waals surface area contributed by atoms with Crippen LogP contribution in [-0.4, -0.2) is 18.3 Å². The van der Waals surface area contributed by atoms with E-state index in [-0.39, 0.29) is 0 Å². The molecule has 3 nitrogen and oxygen atoms in total. The summed E-state index contributed by atoms with van der Waals surface area (Å²) < 4.78 is 11.0. The Morgan fingerprint density at radius 3 is 2.19 bits per heavy atom. The number of aliphatic hydroxyl groups excluding tert-OH is 1. The molecular formula is C15H11Cl3O3. The first-order chi connectivity index (χ1) is 10.1. The topological polar surface area (TPSA) is 38.7 Å². The van der Waals surface area contributed by atoms with Gasteiger partial charge in [-0.3, -0.25) is 0 Å². The van der Waals surface area contributed by atoms with Crippen molar-refractivity contribution >= 4 is 34.8 Å². The molecule has 1 heterocycles. The third-order valence-corrected chi connectivity index (χ3v) is 4.12. The van der Waals surface area contributed by atoms with E-state index in [1.165, 1.54) is 0 Å². The fourth-order valence-electron chi connectivity index (χ4n) is 2.18. The molecule has 1 aliphatic rings. The first-order valence-electron chi connectivity index (χ1n) is 6.28. The van der Waals surface area contributed by atoms with Crippen LogP contribution in [0.25, 0.3) is 0 Å². The summed E-state index contributed by atoms with van der Waals surface area (Å²) in [5, 5.41) is 11.8. The van der Waals surface area contributed by atoms with Crippen LogP contribution < -0.4 is 9.47 Å². The van der Waals surface area contributed by atoms with Crippen LogP contribution in [-0.2, 0) is 0 Å². The van der Waals surface area contributed by atoms with Crippen molar-refractivity contribution in [2.24, 2.45) is 0 Å². The SMILES string of the molecule is OC(c1cc(Cl)ccc1Cl)c1cc2c(cc1Cl)OCCO2. The first kappa shape index (κ1) is 14.8. The molecule has 1 atom stereocenters. The molecular weight excluding hydrogens is 335 g/mol. The van der Waals surface area contributed by atoms with Crippen LogP contribution in [0, 0.1) is 0 Å². The number of aliphatic hydroxyl groups is 1. The maximum Gasteiger partial charge on any atom is 0.162 e.